The Morgan fingerprint density at radius 3 is 2.47 bits per heavy atom. The standard InChI is InChI=1S/C11H20N2O4/c1-4-11(13-10(15)17-3)6-5-8(7-11)12-9(14)16-2/h8H,4-7H2,1-3H3,(H,12,14)(H,13,15). The Bertz CT molecular complexity index is 295. The molecule has 1 aliphatic rings. The van der Waals surface area contributed by atoms with Crippen molar-refractivity contribution in [3.8, 4) is 0 Å². The molecule has 17 heavy (non-hydrogen) atoms. The van der Waals surface area contributed by atoms with E-state index in [4.69, 9.17) is 0 Å². The van der Waals surface area contributed by atoms with E-state index in [-0.39, 0.29) is 11.6 Å². The third kappa shape index (κ3) is 3.51. The zero-order valence-corrected chi connectivity index (χ0v) is 10.5. The molecule has 0 aliphatic heterocycles. The SMILES string of the molecule is CCC1(NC(=O)OC)CCC(NC(=O)OC)C1. The molecular formula is C11H20N2O4. The number of hydrogen-bond donors (Lipinski definition) is 2. The normalized spacial score (nSPS) is 27.4. The molecule has 2 atom stereocenters. The van der Waals surface area contributed by atoms with E-state index in [0.717, 1.165) is 19.3 Å². The Morgan fingerprint density at radius 2 is 1.94 bits per heavy atom. The average Bonchev–Trinajstić information content (AvgIpc) is 2.72. The molecule has 98 valence electrons. The van der Waals surface area contributed by atoms with Crippen molar-refractivity contribution in [2.24, 2.45) is 0 Å². The van der Waals surface area contributed by atoms with Gasteiger partial charge in [0.25, 0.3) is 0 Å². The molecule has 2 unspecified atom stereocenters. The Morgan fingerprint density at radius 1 is 1.29 bits per heavy atom. The van der Waals surface area contributed by atoms with Gasteiger partial charge in [0.15, 0.2) is 0 Å². The average molecular weight is 244 g/mol. The summed E-state index contributed by atoms with van der Waals surface area (Å²) in [4.78, 5) is 22.4. The number of amides is 2. The second-order valence-corrected chi connectivity index (χ2v) is 4.33. The highest BCUT2D eigenvalue weighted by Crippen LogP contribution is 2.32. The van der Waals surface area contributed by atoms with Crippen LogP contribution in [0.5, 0.6) is 0 Å². The second kappa shape index (κ2) is 5.75. The van der Waals surface area contributed by atoms with Crippen LogP contribution in [0.3, 0.4) is 0 Å². The minimum absolute atomic E-state index is 0.0413. The van der Waals surface area contributed by atoms with E-state index in [2.05, 4.69) is 20.1 Å². The fraction of sp³-hybridized carbons (Fsp3) is 0.818. The minimum Gasteiger partial charge on any atom is -0.453 e. The Balaban J connectivity index is 2.54. The lowest BCUT2D eigenvalue weighted by atomic mass is 9.94. The molecule has 1 fully saturated rings. The van der Waals surface area contributed by atoms with Gasteiger partial charge in [-0.05, 0) is 25.7 Å². The second-order valence-electron chi connectivity index (χ2n) is 4.33. The van der Waals surface area contributed by atoms with Gasteiger partial charge in [0.2, 0.25) is 0 Å². The third-order valence-electron chi connectivity index (χ3n) is 3.35. The molecule has 6 heteroatoms. The largest absolute Gasteiger partial charge is 0.453 e. The summed E-state index contributed by atoms with van der Waals surface area (Å²) in [5, 5.41) is 5.62. The quantitative estimate of drug-likeness (QED) is 0.786. The van der Waals surface area contributed by atoms with Crippen LogP contribution in [-0.4, -0.2) is 38.0 Å². The smallest absolute Gasteiger partial charge is 0.407 e. The lowest BCUT2D eigenvalue weighted by Gasteiger charge is -2.28. The molecule has 0 heterocycles. The van der Waals surface area contributed by atoms with E-state index in [9.17, 15) is 9.59 Å². The molecule has 2 amide bonds. The van der Waals surface area contributed by atoms with Crippen LogP contribution in [-0.2, 0) is 9.47 Å². The van der Waals surface area contributed by atoms with Crippen LogP contribution in [0.2, 0.25) is 0 Å². The van der Waals surface area contributed by atoms with Gasteiger partial charge in [0, 0.05) is 11.6 Å². The molecule has 6 nitrogen and oxygen atoms in total. The molecule has 1 rings (SSSR count). The van der Waals surface area contributed by atoms with Crippen molar-refractivity contribution in [3.63, 3.8) is 0 Å². The van der Waals surface area contributed by atoms with E-state index in [1.165, 1.54) is 14.2 Å². The number of rotatable bonds is 3. The Labute approximate surface area is 101 Å². The lowest BCUT2D eigenvalue weighted by Crippen LogP contribution is -2.47. The van der Waals surface area contributed by atoms with Crippen LogP contribution in [0.15, 0.2) is 0 Å². The number of ether oxygens (including phenoxy) is 2. The van der Waals surface area contributed by atoms with Gasteiger partial charge in [-0.25, -0.2) is 9.59 Å². The molecular weight excluding hydrogens is 224 g/mol. The first-order chi connectivity index (χ1) is 8.05. The topological polar surface area (TPSA) is 76.7 Å². The number of methoxy groups -OCH3 is 2. The zero-order chi connectivity index (χ0) is 12.9. The highest BCUT2D eigenvalue weighted by Gasteiger charge is 2.39. The fourth-order valence-electron chi connectivity index (χ4n) is 2.27. The van der Waals surface area contributed by atoms with Gasteiger partial charge in [-0.15, -0.1) is 0 Å². The molecule has 0 aromatic heterocycles. The van der Waals surface area contributed by atoms with E-state index in [1.54, 1.807) is 0 Å². The number of nitrogens with one attached hydrogen (secondary N) is 2. The summed E-state index contributed by atoms with van der Waals surface area (Å²) >= 11 is 0. The van der Waals surface area contributed by atoms with Gasteiger partial charge in [0.05, 0.1) is 14.2 Å². The van der Waals surface area contributed by atoms with Crippen LogP contribution in [0.4, 0.5) is 9.59 Å². The van der Waals surface area contributed by atoms with E-state index in [0.29, 0.717) is 6.42 Å². The lowest BCUT2D eigenvalue weighted by molar-refractivity contribution is 0.153. The Kier molecular flexibility index (Phi) is 4.60. The number of alkyl carbamates (subject to hydrolysis) is 2. The molecule has 0 radical (unpaired) electrons. The first-order valence-electron chi connectivity index (χ1n) is 5.76. The summed E-state index contributed by atoms with van der Waals surface area (Å²) in [6, 6.07) is 0.0413. The van der Waals surface area contributed by atoms with Crippen LogP contribution in [0.25, 0.3) is 0 Å². The van der Waals surface area contributed by atoms with Crippen molar-refractivity contribution in [1.82, 2.24) is 10.6 Å². The van der Waals surface area contributed by atoms with E-state index in [1.807, 2.05) is 6.92 Å². The van der Waals surface area contributed by atoms with Gasteiger partial charge >= 0.3 is 12.2 Å². The van der Waals surface area contributed by atoms with Crippen LogP contribution in [0.1, 0.15) is 32.6 Å². The molecule has 2 N–H and O–H groups in total. The van der Waals surface area contributed by atoms with E-state index < -0.39 is 12.2 Å². The monoisotopic (exact) mass is 244 g/mol. The summed E-state index contributed by atoms with van der Waals surface area (Å²) in [6.07, 6.45) is 2.31. The maximum atomic E-state index is 11.3. The summed E-state index contributed by atoms with van der Waals surface area (Å²) in [5.41, 5.74) is -0.279. The first kappa shape index (κ1) is 13.6. The number of carbonyl (C=O) groups excluding carboxylic acids is 2. The van der Waals surface area contributed by atoms with Crippen LogP contribution < -0.4 is 10.6 Å². The van der Waals surface area contributed by atoms with Gasteiger partial charge in [-0.1, -0.05) is 6.92 Å². The van der Waals surface area contributed by atoms with Crippen LogP contribution >= 0.6 is 0 Å². The zero-order valence-electron chi connectivity index (χ0n) is 10.5. The van der Waals surface area contributed by atoms with Crippen LogP contribution in [0, 0.1) is 0 Å². The van der Waals surface area contributed by atoms with E-state index >= 15 is 0 Å². The van der Waals surface area contributed by atoms with Gasteiger partial charge < -0.3 is 20.1 Å². The summed E-state index contributed by atoms with van der Waals surface area (Å²) in [5.74, 6) is 0. The molecule has 1 saturated carbocycles. The highest BCUT2D eigenvalue weighted by molar-refractivity contribution is 5.69. The predicted octanol–water partition coefficient (Wildman–Crippen LogP) is 1.40. The van der Waals surface area contributed by atoms with Gasteiger partial charge in [-0.2, -0.15) is 0 Å². The van der Waals surface area contributed by atoms with Crippen molar-refractivity contribution < 1.29 is 19.1 Å². The maximum Gasteiger partial charge on any atom is 0.407 e. The highest BCUT2D eigenvalue weighted by atomic mass is 16.5. The minimum atomic E-state index is -0.431. The molecule has 0 aromatic carbocycles. The molecule has 0 bridgehead atoms. The molecule has 0 saturated heterocycles. The molecule has 0 spiro atoms. The number of carbonyl (C=O) groups is 2. The molecule has 1 aliphatic carbocycles. The fourth-order valence-corrected chi connectivity index (χ4v) is 2.27. The summed E-state index contributed by atoms with van der Waals surface area (Å²) < 4.78 is 9.17. The maximum absolute atomic E-state index is 11.3. The Hall–Kier alpha value is -1.46. The van der Waals surface area contributed by atoms with Gasteiger partial charge in [-0.3, -0.25) is 0 Å². The van der Waals surface area contributed by atoms with Crippen molar-refractivity contribution in [1.29, 1.82) is 0 Å². The summed E-state index contributed by atoms with van der Waals surface area (Å²) in [7, 11) is 2.68. The molecule has 0 aromatic rings. The summed E-state index contributed by atoms with van der Waals surface area (Å²) in [6.45, 7) is 2.01. The van der Waals surface area contributed by atoms with Crippen molar-refractivity contribution in [2.45, 2.75) is 44.2 Å². The third-order valence-corrected chi connectivity index (χ3v) is 3.35. The van der Waals surface area contributed by atoms with Crippen molar-refractivity contribution >= 4 is 12.2 Å². The first-order valence-corrected chi connectivity index (χ1v) is 5.76. The van der Waals surface area contributed by atoms with Crippen molar-refractivity contribution in [2.75, 3.05) is 14.2 Å². The predicted molar refractivity (Wildman–Crippen MR) is 61.7 cm³/mol. The number of hydrogen-bond acceptors (Lipinski definition) is 4. The van der Waals surface area contributed by atoms with Gasteiger partial charge in [0.1, 0.15) is 0 Å². The van der Waals surface area contributed by atoms with Crippen molar-refractivity contribution in [3.05, 3.63) is 0 Å².